The van der Waals surface area contributed by atoms with Gasteiger partial charge >= 0.3 is 0 Å². The van der Waals surface area contributed by atoms with E-state index in [4.69, 9.17) is 0 Å². The van der Waals surface area contributed by atoms with Gasteiger partial charge in [0.05, 0.1) is 4.88 Å². The van der Waals surface area contributed by atoms with Crippen LogP contribution in [0.5, 0.6) is 0 Å². The van der Waals surface area contributed by atoms with Gasteiger partial charge in [0.25, 0.3) is 5.91 Å². The number of carbonyl (C=O) groups is 2. The van der Waals surface area contributed by atoms with Gasteiger partial charge in [0.15, 0.2) is 0 Å². The van der Waals surface area contributed by atoms with Crippen LogP contribution in [0.4, 0.5) is 0 Å². The monoisotopic (exact) mass is 399 g/mol. The van der Waals surface area contributed by atoms with Crippen molar-refractivity contribution in [2.45, 2.75) is 45.1 Å². The molecular formula is C19H30ClN3O2S. The highest BCUT2D eigenvalue weighted by Crippen LogP contribution is 2.24. The molecule has 0 aliphatic carbocycles. The average Bonchev–Trinajstić information content (AvgIpc) is 3.21. The molecule has 0 aromatic carbocycles. The smallest absolute Gasteiger partial charge is 0.264 e. The predicted molar refractivity (Wildman–Crippen MR) is 108 cm³/mol. The van der Waals surface area contributed by atoms with Gasteiger partial charge in [-0.15, -0.1) is 23.7 Å². The minimum Gasteiger partial charge on any atom is -0.342 e. The van der Waals surface area contributed by atoms with Crippen molar-refractivity contribution < 1.29 is 9.59 Å². The molecule has 2 saturated heterocycles. The zero-order valence-electron chi connectivity index (χ0n) is 15.5. The van der Waals surface area contributed by atoms with Crippen LogP contribution in [0.25, 0.3) is 0 Å². The molecular weight excluding hydrogens is 370 g/mol. The molecule has 0 bridgehead atoms. The van der Waals surface area contributed by atoms with Gasteiger partial charge in [-0.25, -0.2) is 0 Å². The molecule has 2 aliphatic heterocycles. The fourth-order valence-electron chi connectivity index (χ4n) is 3.96. The lowest BCUT2D eigenvalue weighted by molar-refractivity contribution is -0.137. The average molecular weight is 400 g/mol. The quantitative estimate of drug-likeness (QED) is 0.827. The molecule has 7 heteroatoms. The summed E-state index contributed by atoms with van der Waals surface area (Å²) < 4.78 is 0. The Balaban J connectivity index is 0.00000243. The maximum absolute atomic E-state index is 12.8. The van der Waals surface area contributed by atoms with Crippen molar-refractivity contribution >= 4 is 35.6 Å². The second kappa shape index (κ2) is 10.3. The lowest BCUT2D eigenvalue weighted by Gasteiger charge is -2.40. The van der Waals surface area contributed by atoms with Crippen LogP contribution in [0, 0.1) is 5.92 Å². The Morgan fingerprint density at radius 1 is 1.23 bits per heavy atom. The Bertz CT molecular complexity index is 567. The summed E-state index contributed by atoms with van der Waals surface area (Å²) in [6, 6.07) is 4.10. The molecule has 146 valence electrons. The van der Waals surface area contributed by atoms with Gasteiger partial charge in [-0.05, 0) is 56.6 Å². The SMILES string of the molecule is CCCN(C(=O)c1cccs1)C1CCN(C(=O)C2CCNCC2)CC1.Cl. The minimum atomic E-state index is 0. The summed E-state index contributed by atoms with van der Waals surface area (Å²) in [4.78, 5) is 30.4. The summed E-state index contributed by atoms with van der Waals surface area (Å²) in [5, 5.41) is 5.28. The zero-order chi connectivity index (χ0) is 17.6. The van der Waals surface area contributed by atoms with E-state index in [9.17, 15) is 9.59 Å². The third-order valence-electron chi connectivity index (χ3n) is 5.36. The highest BCUT2D eigenvalue weighted by Gasteiger charge is 2.32. The number of amides is 2. The van der Waals surface area contributed by atoms with E-state index in [1.807, 2.05) is 27.3 Å². The molecule has 1 N–H and O–H groups in total. The molecule has 1 aromatic heterocycles. The second-order valence-electron chi connectivity index (χ2n) is 7.06. The molecule has 1 aromatic rings. The van der Waals surface area contributed by atoms with Crippen molar-refractivity contribution in [3.05, 3.63) is 22.4 Å². The summed E-state index contributed by atoms with van der Waals surface area (Å²) in [5.74, 6) is 0.670. The minimum absolute atomic E-state index is 0. The lowest BCUT2D eigenvalue weighted by Crippen LogP contribution is -2.50. The molecule has 5 nitrogen and oxygen atoms in total. The molecule has 2 amide bonds. The number of likely N-dealkylation sites (tertiary alicyclic amines) is 1. The molecule has 2 aliphatic rings. The normalized spacial score (nSPS) is 19.0. The van der Waals surface area contributed by atoms with Crippen molar-refractivity contribution in [2.24, 2.45) is 5.92 Å². The summed E-state index contributed by atoms with van der Waals surface area (Å²) in [6.45, 7) is 6.38. The van der Waals surface area contributed by atoms with Crippen LogP contribution in [-0.2, 0) is 4.79 Å². The number of nitrogens with zero attached hydrogens (tertiary/aromatic N) is 2. The van der Waals surface area contributed by atoms with E-state index in [0.717, 1.165) is 69.7 Å². The lowest BCUT2D eigenvalue weighted by atomic mass is 9.94. The fraction of sp³-hybridized carbons (Fsp3) is 0.684. The van der Waals surface area contributed by atoms with Gasteiger partial charge in [0.1, 0.15) is 0 Å². The van der Waals surface area contributed by atoms with Crippen LogP contribution in [0.1, 0.15) is 48.7 Å². The second-order valence-corrected chi connectivity index (χ2v) is 8.00. The number of rotatable bonds is 5. The Kier molecular flexibility index (Phi) is 8.38. The van der Waals surface area contributed by atoms with E-state index < -0.39 is 0 Å². The first-order chi connectivity index (χ1) is 12.2. The first-order valence-corrected chi connectivity index (χ1v) is 10.4. The Morgan fingerprint density at radius 2 is 1.92 bits per heavy atom. The Morgan fingerprint density at radius 3 is 2.50 bits per heavy atom. The van der Waals surface area contributed by atoms with E-state index in [1.165, 1.54) is 11.3 Å². The maximum Gasteiger partial charge on any atom is 0.264 e. The van der Waals surface area contributed by atoms with Gasteiger partial charge in [-0.3, -0.25) is 9.59 Å². The van der Waals surface area contributed by atoms with E-state index in [1.54, 1.807) is 0 Å². The Labute approximate surface area is 166 Å². The summed E-state index contributed by atoms with van der Waals surface area (Å²) in [6.07, 6.45) is 4.67. The van der Waals surface area contributed by atoms with E-state index in [0.29, 0.717) is 5.91 Å². The maximum atomic E-state index is 12.8. The molecule has 0 spiro atoms. The Hall–Kier alpha value is -1.11. The van der Waals surface area contributed by atoms with Gasteiger partial charge in [-0.1, -0.05) is 13.0 Å². The van der Waals surface area contributed by atoms with Gasteiger partial charge < -0.3 is 15.1 Å². The molecule has 2 fully saturated rings. The summed E-state index contributed by atoms with van der Waals surface area (Å²) in [7, 11) is 0. The van der Waals surface area contributed by atoms with Crippen LogP contribution in [0.15, 0.2) is 17.5 Å². The summed E-state index contributed by atoms with van der Waals surface area (Å²) in [5.41, 5.74) is 0. The predicted octanol–water partition coefficient (Wildman–Crippen LogP) is 3.01. The highest BCUT2D eigenvalue weighted by molar-refractivity contribution is 7.12. The number of carbonyl (C=O) groups excluding carboxylic acids is 2. The van der Waals surface area contributed by atoms with Gasteiger partial charge in [0, 0.05) is 31.6 Å². The number of nitrogens with one attached hydrogen (secondary N) is 1. The number of hydrogen-bond donors (Lipinski definition) is 1. The number of thiophene rings is 1. The molecule has 0 radical (unpaired) electrons. The van der Waals surface area contributed by atoms with Crippen LogP contribution >= 0.6 is 23.7 Å². The van der Waals surface area contributed by atoms with Crippen LogP contribution < -0.4 is 5.32 Å². The molecule has 0 atom stereocenters. The van der Waals surface area contributed by atoms with Crippen LogP contribution in [0.3, 0.4) is 0 Å². The standard InChI is InChI=1S/C19H29N3O2S.ClH/c1-2-11-22(19(24)17-4-3-14-25-17)16-7-12-21(13-8-16)18(23)15-5-9-20-10-6-15;/h3-4,14-16,20H,2,5-13H2,1H3;1H. The molecule has 3 rings (SSSR count). The zero-order valence-corrected chi connectivity index (χ0v) is 17.1. The van der Waals surface area contributed by atoms with Crippen molar-refractivity contribution in [1.29, 1.82) is 0 Å². The molecule has 0 saturated carbocycles. The number of piperidine rings is 2. The van der Waals surface area contributed by atoms with Crippen molar-refractivity contribution in [3.63, 3.8) is 0 Å². The van der Waals surface area contributed by atoms with Crippen LogP contribution in [-0.4, -0.2) is 60.4 Å². The van der Waals surface area contributed by atoms with Crippen LogP contribution in [0.2, 0.25) is 0 Å². The fourth-order valence-corrected chi connectivity index (χ4v) is 4.64. The van der Waals surface area contributed by atoms with E-state index >= 15 is 0 Å². The number of hydrogen-bond acceptors (Lipinski definition) is 4. The van der Waals surface area contributed by atoms with Gasteiger partial charge in [-0.2, -0.15) is 0 Å². The van der Waals surface area contributed by atoms with Crippen molar-refractivity contribution in [3.8, 4) is 0 Å². The van der Waals surface area contributed by atoms with Gasteiger partial charge in [0.2, 0.25) is 5.91 Å². The number of halogens is 1. The van der Waals surface area contributed by atoms with E-state index in [2.05, 4.69) is 12.2 Å². The summed E-state index contributed by atoms with van der Waals surface area (Å²) >= 11 is 1.51. The molecule has 0 unspecified atom stereocenters. The first kappa shape index (κ1) is 21.2. The largest absolute Gasteiger partial charge is 0.342 e. The third kappa shape index (κ3) is 4.99. The third-order valence-corrected chi connectivity index (χ3v) is 6.22. The molecule has 26 heavy (non-hydrogen) atoms. The van der Waals surface area contributed by atoms with E-state index in [-0.39, 0.29) is 30.3 Å². The highest BCUT2D eigenvalue weighted by atomic mass is 35.5. The topological polar surface area (TPSA) is 52.7 Å². The van der Waals surface area contributed by atoms with Crippen molar-refractivity contribution in [1.82, 2.24) is 15.1 Å². The first-order valence-electron chi connectivity index (χ1n) is 9.54. The molecule has 3 heterocycles. The van der Waals surface area contributed by atoms with Crippen molar-refractivity contribution in [2.75, 3.05) is 32.7 Å².